The minimum atomic E-state index is -2.58. The Bertz CT molecular complexity index is 383. The van der Waals surface area contributed by atoms with Crippen LogP contribution in [0.5, 0.6) is 0 Å². The van der Waals surface area contributed by atoms with Crippen LogP contribution < -0.4 is 4.90 Å². The molecule has 1 aromatic rings. The predicted molar refractivity (Wildman–Crippen MR) is 53.7 cm³/mol. The van der Waals surface area contributed by atoms with Crippen LogP contribution in [0.3, 0.4) is 0 Å². The SMILES string of the molecule is CC(=O)Cc1csc(N2CC(F)(F)C2)n1. The van der Waals surface area contributed by atoms with Gasteiger partial charge < -0.3 is 4.90 Å². The molecule has 2 rings (SSSR count). The van der Waals surface area contributed by atoms with Crippen molar-refractivity contribution in [3.8, 4) is 0 Å². The number of hydrogen-bond acceptors (Lipinski definition) is 4. The summed E-state index contributed by atoms with van der Waals surface area (Å²) < 4.78 is 25.1. The summed E-state index contributed by atoms with van der Waals surface area (Å²) in [4.78, 5) is 16.5. The number of rotatable bonds is 3. The Morgan fingerprint density at radius 3 is 2.87 bits per heavy atom. The van der Waals surface area contributed by atoms with E-state index in [1.807, 2.05) is 0 Å². The molecule has 0 atom stereocenters. The van der Waals surface area contributed by atoms with Crippen molar-refractivity contribution in [2.45, 2.75) is 19.3 Å². The van der Waals surface area contributed by atoms with Crippen molar-refractivity contribution in [1.29, 1.82) is 0 Å². The van der Waals surface area contributed by atoms with Crippen molar-refractivity contribution < 1.29 is 13.6 Å². The van der Waals surface area contributed by atoms with Gasteiger partial charge in [0, 0.05) is 11.8 Å². The van der Waals surface area contributed by atoms with Gasteiger partial charge in [-0.3, -0.25) is 4.79 Å². The Morgan fingerprint density at radius 2 is 2.33 bits per heavy atom. The molecule has 15 heavy (non-hydrogen) atoms. The number of ketones is 1. The van der Waals surface area contributed by atoms with Gasteiger partial charge in [-0.05, 0) is 6.92 Å². The van der Waals surface area contributed by atoms with Crippen molar-refractivity contribution in [2.75, 3.05) is 18.0 Å². The van der Waals surface area contributed by atoms with E-state index >= 15 is 0 Å². The Hall–Kier alpha value is -1.04. The first-order valence-corrected chi connectivity index (χ1v) is 5.41. The Labute approximate surface area is 89.7 Å². The van der Waals surface area contributed by atoms with E-state index in [-0.39, 0.29) is 25.3 Å². The summed E-state index contributed by atoms with van der Waals surface area (Å²) in [5.41, 5.74) is 0.665. The second-order valence-electron chi connectivity index (χ2n) is 3.71. The summed E-state index contributed by atoms with van der Waals surface area (Å²) in [6, 6.07) is 0. The van der Waals surface area contributed by atoms with Crippen LogP contribution in [0.15, 0.2) is 5.38 Å². The minimum Gasteiger partial charge on any atom is -0.336 e. The molecule has 0 radical (unpaired) electrons. The summed E-state index contributed by atoms with van der Waals surface area (Å²) in [6.45, 7) is 0.955. The van der Waals surface area contributed by atoms with E-state index in [1.54, 1.807) is 5.38 Å². The number of alkyl halides is 2. The largest absolute Gasteiger partial charge is 0.336 e. The number of carbonyl (C=O) groups excluding carboxylic acids is 1. The summed E-state index contributed by atoms with van der Waals surface area (Å²) in [6.07, 6.45) is 0.279. The third kappa shape index (κ3) is 2.31. The summed E-state index contributed by atoms with van der Waals surface area (Å²) in [5.74, 6) is -2.55. The standard InChI is InChI=1S/C9H10F2N2OS/c1-6(14)2-7-3-15-8(12-7)13-4-9(10,11)5-13/h3H,2,4-5H2,1H3. The third-order valence-electron chi connectivity index (χ3n) is 2.08. The molecule has 0 aliphatic carbocycles. The Balaban J connectivity index is 1.99. The molecule has 1 saturated heterocycles. The van der Waals surface area contributed by atoms with E-state index in [4.69, 9.17) is 0 Å². The zero-order valence-corrected chi connectivity index (χ0v) is 8.98. The van der Waals surface area contributed by atoms with E-state index in [9.17, 15) is 13.6 Å². The lowest BCUT2D eigenvalue weighted by Gasteiger charge is -2.38. The maximum Gasteiger partial charge on any atom is 0.282 e. The Morgan fingerprint density at radius 1 is 1.67 bits per heavy atom. The number of anilines is 1. The van der Waals surface area contributed by atoms with Crippen molar-refractivity contribution >= 4 is 22.3 Å². The lowest BCUT2D eigenvalue weighted by atomic mass is 10.2. The van der Waals surface area contributed by atoms with Crippen LogP contribution in [0.1, 0.15) is 12.6 Å². The van der Waals surface area contributed by atoms with Gasteiger partial charge in [-0.25, -0.2) is 13.8 Å². The molecule has 3 nitrogen and oxygen atoms in total. The number of Topliss-reactive ketones (excluding diaryl/α,β-unsaturated/α-hetero) is 1. The van der Waals surface area contributed by atoms with Crippen molar-refractivity contribution in [1.82, 2.24) is 4.98 Å². The molecule has 1 aliphatic rings. The summed E-state index contributed by atoms with van der Waals surface area (Å²) in [7, 11) is 0. The Kier molecular flexibility index (Phi) is 2.46. The molecule has 0 saturated carbocycles. The molecule has 0 bridgehead atoms. The highest BCUT2D eigenvalue weighted by Crippen LogP contribution is 2.33. The fourth-order valence-corrected chi connectivity index (χ4v) is 2.25. The average molecular weight is 232 g/mol. The van der Waals surface area contributed by atoms with E-state index < -0.39 is 5.92 Å². The zero-order chi connectivity index (χ0) is 11.1. The molecule has 0 unspecified atom stereocenters. The first kappa shape index (κ1) is 10.5. The fraction of sp³-hybridized carbons (Fsp3) is 0.556. The lowest BCUT2D eigenvalue weighted by Crippen LogP contribution is -2.56. The smallest absolute Gasteiger partial charge is 0.282 e. The van der Waals surface area contributed by atoms with Gasteiger partial charge in [-0.15, -0.1) is 11.3 Å². The van der Waals surface area contributed by atoms with Crippen LogP contribution >= 0.6 is 11.3 Å². The molecule has 82 valence electrons. The highest BCUT2D eigenvalue weighted by molar-refractivity contribution is 7.13. The lowest BCUT2D eigenvalue weighted by molar-refractivity contribution is -0.116. The molecule has 0 amide bonds. The van der Waals surface area contributed by atoms with Crippen LogP contribution in [-0.4, -0.2) is 29.8 Å². The van der Waals surface area contributed by atoms with E-state index in [2.05, 4.69) is 4.98 Å². The van der Waals surface area contributed by atoms with Gasteiger partial charge in [0.2, 0.25) is 0 Å². The quantitative estimate of drug-likeness (QED) is 0.795. The predicted octanol–water partition coefficient (Wildman–Crippen LogP) is 1.73. The van der Waals surface area contributed by atoms with Gasteiger partial charge in [0.1, 0.15) is 5.78 Å². The van der Waals surface area contributed by atoms with Crippen molar-refractivity contribution in [2.24, 2.45) is 0 Å². The van der Waals surface area contributed by atoms with Crippen LogP contribution in [-0.2, 0) is 11.2 Å². The maximum atomic E-state index is 12.6. The summed E-state index contributed by atoms with van der Waals surface area (Å²) in [5, 5.41) is 2.32. The molecule has 1 fully saturated rings. The molecular weight excluding hydrogens is 222 g/mol. The summed E-state index contributed by atoms with van der Waals surface area (Å²) >= 11 is 1.31. The molecule has 0 spiro atoms. The normalized spacial score (nSPS) is 18.7. The molecular formula is C9H10F2N2OS. The number of halogens is 2. The van der Waals surface area contributed by atoms with Crippen LogP contribution in [0.4, 0.5) is 13.9 Å². The van der Waals surface area contributed by atoms with Crippen LogP contribution in [0, 0.1) is 0 Å². The number of nitrogens with zero attached hydrogens (tertiary/aromatic N) is 2. The second kappa shape index (κ2) is 3.52. The monoisotopic (exact) mass is 232 g/mol. The van der Waals surface area contributed by atoms with E-state index in [0.717, 1.165) is 0 Å². The zero-order valence-electron chi connectivity index (χ0n) is 8.17. The number of aromatic nitrogens is 1. The van der Waals surface area contributed by atoms with Gasteiger partial charge in [0.05, 0.1) is 18.8 Å². The van der Waals surface area contributed by atoms with Crippen LogP contribution in [0.2, 0.25) is 0 Å². The molecule has 6 heteroatoms. The van der Waals surface area contributed by atoms with Gasteiger partial charge in [-0.1, -0.05) is 0 Å². The van der Waals surface area contributed by atoms with Gasteiger partial charge in [0.25, 0.3) is 5.92 Å². The topological polar surface area (TPSA) is 33.2 Å². The van der Waals surface area contributed by atoms with Crippen molar-refractivity contribution in [3.05, 3.63) is 11.1 Å². The molecule has 0 N–H and O–H groups in total. The number of carbonyl (C=O) groups is 1. The van der Waals surface area contributed by atoms with E-state index in [0.29, 0.717) is 10.8 Å². The highest BCUT2D eigenvalue weighted by atomic mass is 32.1. The first-order valence-electron chi connectivity index (χ1n) is 4.53. The molecule has 1 aromatic heterocycles. The number of hydrogen-bond donors (Lipinski definition) is 0. The highest BCUT2D eigenvalue weighted by Gasteiger charge is 2.44. The van der Waals surface area contributed by atoms with Crippen molar-refractivity contribution in [3.63, 3.8) is 0 Å². The van der Waals surface area contributed by atoms with E-state index in [1.165, 1.54) is 23.2 Å². The minimum absolute atomic E-state index is 0.0285. The maximum absolute atomic E-state index is 12.6. The molecule has 0 aromatic carbocycles. The van der Waals surface area contributed by atoms with Gasteiger partial charge in [0.15, 0.2) is 5.13 Å². The third-order valence-corrected chi connectivity index (χ3v) is 3.03. The molecule has 1 aliphatic heterocycles. The second-order valence-corrected chi connectivity index (χ2v) is 4.55. The van der Waals surface area contributed by atoms with Gasteiger partial charge >= 0.3 is 0 Å². The van der Waals surface area contributed by atoms with Crippen LogP contribution in [0.25, 0.3) is 0 Å². The fourth-order valence-electron chi connectivity index (χ4n) is 1.43. The number of thiazole rings is 1. The average Bonchev–Trinajstić information content (AvgIpc) is 2.47. The first-order chi connectivity index (χ1) is 6.96. The van der Waals surface area contributed by atoms with Gasteiger partial charge in [-0.2, -0.15) is 0 Å². The molecule has 2 heterocycles.